The van der Waals surface area contributed by atoms with Crippen LogP contribution >= 0.6 is 11.8 Å². The third-order valence-corrected chi connectivity index (χ3v) is 5.01. The maximum atomic E-state index is 5.25. The summed E-state index contributed by atoms with van der Waals surface area (Å²) in [7, 11) is 1.70. The van der Waals surface area contributed by atoms with E-state index < -0.39 is 0 Å². The van der Waals surface area contributed by atoms with Gasteiger partial charge in [-0.05, 0) is 36.0 Å². The molecule has 3 aromatic rings. The summed E-state index contributed by atoms with van der Waals surface area (Å²) in [4.78, 5) is 0. The summed E-state index contributed by atoms with van der Waals surface area (Å²) in [6.45, 7) is 1.06. The molecule has 0 unspecified atom stereocenters. The van der Waals surface area contributed by atoms with E-state index in [1.165, 1.54) is 22.1 Å². The molecule has 1 aliphatic heterocycles. The van der Waals surface area contributed by atoms with Gasteiger partial charge in [0.1, 0.15) is 24.2 Å². The van der Waals surface area contributed by atoms with Crippen molar-refractivity contribution < 1.29 is 26.3 Å². The summed E-state index contributed by atoms with van der Waals surface area (Å²) in [6, 6.07) is 18.8. The molecule has 0 saturated carbocycles. The number of fused-ring (bicyclic) bond motifs is 1. The van der Waals surface area contributed by atoms with Gasteiger partial charge in [0, 0.05) is 11.3 Å². The van der Waals surface area contributed by atoms with E-state index in [1.54, 1.807) is 7.11 Å². The number of hydrogen-bond donors (Lipinski definition) is 0. The predicted octanol–water partition coefficient (Wildman–Crippen LogP) is 0.550. The molecule has 3 nitrogen and oxygen atoms in total. The molecule has 118 valence electrons. The smallest absolute Gasteiger partial charge is 0.323 e. The molecule has 0 atom stereocenters. The van der Waals surface area contributed by atoms with Crippen LogP contribution in [0.1, 0.15) is 0 Å². The number of halogens is 1. The van der Waals surface area contributed by atoms with E-state index in [0.29, 0.717) is 0 Å². The first-order valence-corrected chi connectivity index (χ1v) is 8.33. The molecule has 1 aromatic heterocycles. The Morgan fingerprint density at radius 2 is 1.78 bits per heavy atom. The van der Waals surface area contributed by atoms with Gasteiger partial charge in [0.15, 0.2) is 5.69 Å². The summed E-state index contributed by atoms with van der Waals surface area (Å²) >= 11 is 1.91. The molecule has 0 bridgehead atoms. The van der Waals surface area contributed by atoms with E-state index in [0.717, 1.165) is 18.0 Å². The van der Waals surface area contributed by atoms with Crippen molar-refractivity contribution in [3.8, 4) is 22.7 Å². The van der Waals surface area contributed by atoms with Crippen molar-refractivity contribution >= 4 is 11.8 Å². The lowest BCUT2D eigenvalue weighted by Gasteiger charge is -2.00. The Bertz CT molecular complexity index is 800. The van der Waals surface area contributed by atoms with Crippen molar-refractivity contribution in [2.75, 3.05) is 12.9 Å². The van der Waals surface area contributed by atoms with Crippen molar-refractivity contribution in [3.05, 3.63) is 60.8 Å². The van der Waals surface area contributed by atoms with Crippen molar-refractivity contribution in [2.24, 2.45) is 0 Å². The zero-order chi connectivity index (χ0) is 14.9. The minimum absolute atomic E-state index is 0. The van der Waals surface area contributed by atoms with Crippen molar-refractivity contribution in [1.29, 1.82) is 0 Å². The fraction of sp³-hybridized carbons (Fsp3) is 0.167. The molecule has 0 radical (unpaired) electrons. The van der Waals surface area contributed by atoms with E-state index in [-0.39, 0.29) is 17.0 Å². The number of aromatic nitrogens is 2. The molecule has 2 aromatic carbocycles. The van der Waals surface area contributed by atoms with Crippen LogP contribution < -0.4 is 26.3 Å². The summed E-state index contributed by atoms with van der Waals surface area (Å²) in [5.74, 6) is 2.02. The van der Waals surface area contributed by atoms with Crippen LogP contribution in [-0.2, 0) is 6.54 Å². The van der Waals surface area contributed by atoms with Gasteiger partial charge in [-0.1, -0.05) is 30.3 Å². The highest BCUT2D eigenvalue weighted by molar-refractivity contribution is 7.99. The van der Waals surface area contributed by atoms with E-state index in [2.05, 4.69) is 57.8 Å². The number of rotatable bonds is 3. The highest BCUT2D eigenvalue weighted by Gasteiger charge is 2.30. The Morgan fingerprint density at radius 1 is 1.04 bits per heavy atom. The standard InChI is InChI=1S/C18H17N2OS.BrH/c1-21-16-9-7-15(8-10-16)20-13-17(14-5-3-2-4-6-14)19-11-12-22-18(19)20;/h2-10,13H,11-12H2,1H3;1H/q+1;/p-1. The largest absolute Gasteiger partial charge is 1.00 e. The quantitative estimate of drug-likeness (QED) is 0.610. The number of thioether (sulfide) groups is 1. The second-order valence-corrected chi connectivity index (χ2v) is 6.29. The molecule has 0 N–H and O–H groups in total. The first-order valence-electron chi connectivity index (χ1n) is 7.34. The molecule has 0 aliphatic carbocycles. The molecular formula is C18H17BrN2OS. The Morgan fingerprint density at radius 3 is 2.48 bits per heavy atom. The maximum Gasteiger partial charge on any atom is 0.323 e. The van der Waals surface area contributed by atoms with Gasteiger partial charge >= 0.3 is 5.16 Å². The van der Waals surface area contributed by atoms with Gasteiger partial charge in [-0.25, -0.2) is 4.57 Å². The second kappa shape index (κ2) is 6.81. The molecule has 0 amide bonds. The van der Waals surface area contributed by atoms with E-state index in [9.17, 15) is 0 Å². The predicted molar refractivity (Wildman–Crippen MR) is 88.7 cm³/mol. The Balaban J connectivity index is 0.00000156. The van der Waals surface area contributed by atoms with Gasteiger partial charge in [0.25, 0.3) is 0 Å². The Labute approximate surface area is 150 Å². The number of nitrogens with zero attached hydrogens (tertiary/aromatic N) is 2. The second-order valence-electron chi connectivity index (χ2n) is 5.23. The van der Waals surface area contributed by atoms with Gasteiger partial charge in [0.05, 0.1) is 7.11 Å². The first kappa shape index (κ1) is 16.1. The van der Waals surface area contributed by atoms with Gasteiger partial charge in [-0.3, -0.25) is 0 Å². The van der Waals surface area contributed by atoms with Gasteiger partial charge < -0.3 is 21.7 Å². The van der Waals surface area contributed by atoms with Gasteiger partial charge in [-0.2, -0.15) is 4.57 Å². The molecule has 2 heterocycles. The summed E-state index contributed by atoms with van der Waals surface area (Å²) in [5, 5.41) is 1.30. The lowest BCUT2D eigenvalue weighted by molar-refractivity contribution is -0.713. The summed E-state index contributed by atoms with van der Waals surface area (Å²) in [6.07, 6.45) is 2.23. The summed E-state index contributed by atoms with van der Waals surface area (Å²) < 4.78 is 9.94. The van der Waals surface area contributed by atoms with Crippen molar-refractivity contribution in [3.63, 3.8) is 0 Å². The van der Waals surface area contributed by atoms with Crippen LogP contribution in [0.5, 0.6) is 5.75 Å². The zero-order valence-electron chi connectivity index (χ0n) is 12.8. The molecule has 0 saturated heterocycles. The molecular weight excluding hydrogens is 372 g/mol. The monoisotopic (exact) mass is 388 g/mol. The molecule has 23 heavy (non-hydrogen) atoms. The topological polar surface area (TPSA) is 18.0 Å². The average molecular weight is 389 g/mol. The fourth-order valence-electron chi connectivity index (χ4n) is 2.84. The number of ether oxygens (including phenoxy) is 1. The number of hydrogen-bond acceptors (Lipinski definition) is 2. The molecule has 1 aliphatic rings. The van der Waals surface area contributed by atoms with Crippen LogP contribution in [0.3, 0.4) is 0 Å². The van der Waals surface area contributed by atoms with Crippen LogP contribution in [0.15, 0.2) is 66.0 Å². The number of imidazole rings is 1. The van der Waals surface area contributed by atoms with Crippen LogP contribution in [0.25, 0.3) is 16.9 Å². The minimum atomic E-state index is 0. The highest BCUT2D eigenvalue weighted by atomic mass is 79.9. The van der Waals surface area contributed by atoms with Gasteiger partial charge in [0.2, 0.25) is 0 Å². The molecule has 0 fully saturated rings. The van der Waals surface area contributed by atoms with E-state index in [4.69, 9.17) is 4.74 Å². The number of methoxy groups -OCH3 is 1. The number of benzene rings is 2. The first-order chi connectivity index (χ1) is 10.9. The van der Waals surface area contributed by atoms with E-state index in [1.807, 2.05) is 23.9 Å². The van der Waals surface area contributed by atoms with Crippen molar-refractivity contribution in [2.45, 2.75) is 11.7 Å². The Hall–Kier alpha value is -1.72. The van der Waals surface area contributed by atoms with Crippen molar-refractivity contribution in [1.82, 2.24) is 4.57 Å². The molecule has 0 spiro atoms. The van der Waals surface area contributed by atoms with Crippen LogP contribution in [-0.4, -0.2) is 17.4 Å². The third kappa shape index (κ3) is 2.91. The highest BCUT2D eigenvalue weighted by Crippen LogP contribution is 2.29. The van der Waals surface area contributed by atoms with E-state index >= 15 is 0 Å². The lowest BCUT2D eigenvalue weighted by Crippen LogP contribution is -3.00. The van der Waals surface area contributed by atoms with Crippen LogP contribution in [0.2, 0.25) is 0 Å². The minimum Gasteiger partial charge on any atom is -1.00 e. The maximum absolute atomic E-state index is 5.25. The van der Waals surface area contributed by atoms with Crippen LogP contribution in [0.4, 0.5) is 0 Å². The molecule has 4 rings (SSSR count). The third-order valence-electron chi connectivity index (χ3n) is 3.95. The molecule has 5 heteroatoms. The summed E-state index contributed by atoms with van der Waals surface area (Å²) in [5.41, 5.74) is 3.70. The lowest BCUT2D eigenvalue weighted by atomic mass is 10.2. The van der Waals surface area contributed by atoms with Crippen LogP contribution in [0, 0.1) is 0 Å². The fourth-order valence-corrected chi connectivity index (χ4v) is 3.94. The average Bonchev–Trinajstić information content (AvgIpc) is 3.18. The zero-order valence-corrected chi connectivity index (χ0v) is 15.2. The Kier molecular flexibility index (Phi) is 4.78. The van der Waals surface area contributed by atoms with Gasteiger partial charge in [-0.15, -0.1) is 0 Å². The normalized spacial score (nSPS) is 12.6. The SMILES string of the molecule is COc1ccc(-n2cc(-c3ccccc3)[n+]3c2SCC3)cc1.[Br-].